The van der Waals surface area contributed by atoms with E-state index in [2.05, 4.69) is 19.9 Å². The van der Waals surface area contributed by atoms with Crippen LogP contribution in [0.4, 0.5) is 5.69 Å². The number of thiazole rings is 1. The van der Waals surface area contributed by atoms with Crippen LogP contribution in [0.25, 0.3) is 10.7 Å². The molecule has 6 nitrogen and oxygen atoms in total. The molecule has 1 aromatic carbocycles. The lowest BCUT2D eigenvalue weighted by atomic mass is 10.2. The van der Waals surface area contributed by atoms with Crippen molar-refractivity contribution in [2.75, 3.05) is 31.1 Å². The van der Waals surface area contributed by atoms with Gasteiger partial charge in [-0.15, -0.1) is 11.3 Å². The van der Waals surface area contributed by atoms with E-state index in [4.69, 9.17) is 23.2 Å². The smallest absolute Gasteiger partial charge is 0.273 e. The van der Waals surface area contributed by atoms with Gasteiger partial charge >= 0.3 is 0 Å². The lowest BCUT2D eigenvalue weighted by Crippen LogP contribution is -2.48. The topological polar surface area (TPSA) is 62.2 Å². The molecule has 0 radical (unpaired) electrons. The summed E-state index contributed by atoms with van der Waals surface area (Å²) in [5, 5.41) is 3.54. The highest BCUT2D eigenvalue weighted by molar-refractivity contribution is 7.13. The largest absolute Gasteiger partial charge is 0.368 e. The average molecular weight is 420 g/mol. The Hall–Kier alpha value is -2.22. The number of carbonyl (C=O) groups excluding carboxylic acids is 1. The second-order valence-electron chi connectivity index (χ2n) is 6.01. The predicted molar refractivity (Wildman–Crippen MR) is 108 cm³/mol. The number of amides is 1. The number of rotatable bonds is 3. The van der Waals surface area contributed by atoms with Crippen molar-refractivity contribution in [1.82, 2.24) is 19.9 Å². The van der Waals surface area contributed by atoms with Crippen molar-refractivity contribution in [3.8, 4) is 10.7 Å². The zero-order valence-corrected chi connectivity index (χ0v) is 16.5. The van der Waals surface area contributed by atoms with Gasteiger partial charge in [-0.25, -0.2) is 4.98 Å². The first-order valence-corrected chi connectivity index (χ1v) is 9.96. The molecule has 9 heteroatoms. The van der Waals surface area contributed by atoms with Crippen LogP contribution in [0.5, 0.6) is 0 Å². The molecule has 0 bridgehead atoms. The summed E-state index contributed by atoms with van der Waals surface area (Å²) in [4.78, 5) is 29.5. The fourth-order valence-corrected chi connectivity index (χ4v) is 3.96. The number of hydrogen-bond acceptors (Lipinski definition) is 6. The number of halogens is 2. The number of hydrogen-bond donors (Lipinski definition) is 0. The van der Waals surface area contributed by atoms with Crippen LogP contribution in [0.2, 0.25) is 10.0 Å². The predicted octanol–water partition coefficient (Wildman–Crippen LogP) is 3.87. The van der Waals surface area contributed by atoms with Crippen molar-refractivity contribution in [1.29, 1.82) is 0 Å². The molecule has 1 fully saturated rings. The molecule has 0 atom stereocenters. The third-order valence-electron chi connectivity index (χ3n) is 4.34. The Balaban J connectivity index is 1.41. The fraction of sp³-hybridized carbons (Fsp3) is 0.222. The van der Waals surface area contributed by atoms with Gasteiger partial charge in [-0.2, -0.15) is 0 Å². The van der Waals surface area contributed by atoms with E-state index in [1.54, 1.807) is 30.0 Å². The zero-order valence-electron chi connectivity index (χ0n) is 14.2. The number of benzene rings is 1. The van der Waals surface area contributed by atoms with Crippen LogP contribution in [0, 0.1) is 0 Å². The van der Waals surface area contributed by atoms with Crippen molar-refractivity contribution in [3.05, 3.63) is 57.9 Å². The quantitative estimate of drug-likeness (QED) is 0.644. The number of anilines is 1. The van der Waals surface area contributed by atoms with E-state index < -0.39 is 0 Å². The normalized spacial score (nSPS) is 14.4. The molecule has 3 aromatic rings. The van der Waals surface area contributed by atoms with E-state index in [9.17, 15) is 4.79 Å². The molecule has 0 spiro atoms. The van der Waals surface area contributed by atoms with Crippen LogP contribution in [-0.4, -0.2) is 51.9 Å². The van der Waals surface area contributed by atoms with Crippen LogP contribution in [0.1, 0.15) is 10.5 Å². The molecule has 4 rings (SSSR count). The minimum Gasteiger partial charge on any atom is -0.368 e. The second-order valence-corrected chi connectivity index (χ2v) is 7.68. The molecular weight excluding hydrogens is 405 g/mol. The van der Waals surface area contributed by atoms with Crippen molar-refractivity contribution >= 4 is 46.1 Å². The van der Waals surface area contributed by atoms with Crippen LogP contribution in [0.3, 0.4) is 0 Å². The minimum atomic E-state index is -0.0600. The van der Waals surface area contributed by atoms with Gasteiger partial charge in [0.1, 0.15) is 16.4 Å². The van der Waals surface area contributed by atoms with Crippen LogP contribution in [0.15, 0.2) is 42.2 Å². The van der Waals surface area contributed by atoms with Crippen LogP contribution >= 0.6 is 34.5 Å². The van der Waals surface area contributed by atoms with E-state index in [1.807, 2.05) is 17.0 Å². The number of piperazine rings is 1. The summed E-state index contributed by atoms with van der Waals surface area (Å²) >= 11 is 13.5. The Morgan fingerprint density at radius 2 is 1.89 bits per heavy atom. The van der Waals surface area contributed by atoms with Crippen LogP contribution in [-0.2, 0) is 0 Å². The standard InChI is InChI=1S/C18H15Cl2N5OS/c19-13-2-1-12(9-14(13)20)24-5-7-25(8-6-24)18(26)16-11-27-17(23-16)15-10-21-3-4-22-15/h1-4,9-11H,5-8H2. The third-order valence-corrected chi connectivity index (χ3v) is 5.94. The molecule has 138 valence electrons. The Morgan fingerprint density at radius 1 is 1.07 bits per heavy atom. The monoisotopic (exact) mass is 419 g/mol. The number of carbonyl (C=O) groups is 1. The molecule has 0 N–H and O–H groups in total. The Labute approximate surface area is 170 Å². The molecule has 0 aliphatic carbocycles. The second kappa shape index (κ2) is 7.80. The fourth-order valence-electron chi connectivity index (χ4n) is 2.91. The van der Waals surface area contributed by atoms with Crippen molar-refractivity contribution in [2.45, 2.75) is 0 Å². The molecule has 0 saturated carbocycles. The van der Waals surface area contributed by atoms with E-state index in [-0.39, 0.29) is 5.91 Å². The molecule has 2 aromatic heterocycles. The summed E-state index contributed by atoms with van der Waals surface area (Å²) in [5.41, 5.74) is 2.13. The van der Waals surface area contributed by atoms with Crippen molar-refractivity contribution in [2.24, 2.45) is 0 Å². The van der Waals surface area contributed by atoms with E-state index in [1.165, 1.54) is 11.3 Å². The Morgan fingerprint density at radius 3 is 2.59 bits per heavy atom. The first-order chi connectivity index (χ1) is 13.1. The molecule has 27 heavy (non-hydrogen) atoms. The highest BCUT2D eigenvalue weighted by atomic mass is 35.5. The molecule has 1 saturated heterocycles. The van der Waals surface area contributed by atoms with E-state index in [0.717, 1.165) is 18.8 Å². The summed E-state index contributed by atoms with van der Waals surface area (Å²) in [6, 6.07) is 5.59. The first-order valence-electron chi connectivity index (χ1n) is 8.33. The van der Waals surface area contributed by atoms with Crippen molar-refractivity contribution in [3.63, 3.8) is 0 Å². The van der Waals surface area contributed by atoms with Gasteiger partial charge in [0.15, 0.2) is 0 Å². The van der Waals surface area contributed by atoms with E-state index in [0.29, 0.717) is 39.5 Å². The summed E-state index contributed by atoms with van der Waals surface area (Å²) in [5.74, 6) is -0.0600. The zero-order chi connectivity index (χ0) is 18.8. The maximum Gasteiger partial charge on any atom is 0.273 e. The van der Waals surface area contributed by atoms with Gasteiger partial charge in [-0.05, 0) is 18.2 Å². The van der Waals surface area contributed by atoms with Gasteiger partial charge in [0, 0.05) is 49.6 Å². The SMILES string of the molecule is O=C(c1csc(-c2cnccn2)n1)N1CCN(c2ccc(Cl)c(Cl)c2)CC1. The highest BCUT2D eigenvalue weighted by Crippen LogP contribution is 2.28. The van der Waals surface area contributed by atoms with E-state index >= 15 is 0 Å². The van der Waals surface area contributed by atoms with Crippen molar-refractivity contribution < 1.29 is 4.79 Å². The van der Waals surface area contributed by atoms with Gasteiger partial charge in [0.2, 0.25) is 0 Å². The molecule has 1 amide bonds. The molecule has 1 aliphatic heterocycles. The number of aromatic nitrogens is 3. The molecule has 3 heterocycles. The van der Waals surface area contributed by atoms with Gasteiger partial charge < -0.3 is 9.80 Å². The lowest BCUT2D eigenvalue weighted by Gasteiger charge is -2.36. The maximum atomic E-state index is 12.8. The molecule has 0 unspecified atom stereocenters. The minimum absolute atomic E-state index is 0.0600. The highest BCUT2D eigenvalue weighted by Gasteiger charge is 2.24. The van der Waals surface area contributed by atoms with Crippen LogP contribution < -0.4 is 4.90 Å². The van der Waals surface area contributed by atoms with Gasteiger partial charge in [0.05, 0.1) is 16.2 Å². The summed E-state index contributed by atoms with van der Waals surface area (Å²) in [7, 11) is 0. The molecular formula is C18H15Cl2N5OS. The van der Waals surface area contributed by atoms with Gasteiger partial charge in [-0.1, -0.05) is 23.2 Å². The average Bonchev–Trinajstić information content (AvgIpc) is 3.21. The summed E-state index contributed by atoms with van der Waals surface area (Å²) in [6.45, 7) is 2.70. The van der Waals surface area contributed by atoms with Gasteiger partial charge in [0.25, 0.3) is 5.91 Å². The first kappa shape index (κ1) is 18.2. The Bertz CT molecular complexity index is 957. The summed E-state index contributed by atoms with van der Waals surface area (Å²) in [6.07, 6.45) is 4.86. The maximum absolute atomic E-state index is 12.8. The Kier molecular flexibility index (Phi) is 5.24. The summed E-state index contributed by atoms with van der Waals surface area (Å²) < 4.78 is 0. The number of nitrogens with zero attached hydrogens (tertiary/aromatic N) is 5. The lowest BCUT2D eigenvalue weighted by molar-refractivity contribution is 0.0742. The third kappa shape index (κ3) is 3.90. The van der Waals surface area contributed by atoms with Gasteiger partial charge in [-0.3, -0.25) is 14.8 Å². The molecule has 1 aliphatic rings.